The molecular weight excluding hydrogens is 468 g/mol. The zero-order valence-electron chi connectivity index (χ0n) is 20.5. The summed E-state index contributed by atoms with van der Waals surface area (Å²) >= 11 is 0. The number of ether oxygens (including phenoxy) is 1. The number of furan rings is 1. The zero-order valence-corrected chi connectivity index (χ0v) is 20.5. The predicted molar refractivity (Wildman–Crippen MR) is 137 cm³/mol. The molecule has 4 aromatic rings. The van der Waals surface area contributed by atoms with Crippen molar-refractivity contribution in [3.63, 3.8) is 0 Å². The molecule has 2 aromatic carbocycles. The van der Waals surface area contributed by atoms with Crippen LogP contribution in [0, 0.1) is 13.8 Å². The van der Waals surface area contributed by atoms with Crippen molar-refractivity contribution in [2.75, 3.05) is 0 Å². The fourth-order valence-electron chi connectivity index (χ4n) is 4.46. The number of ketones is 1. The Morgan fingerprint density at radius 2 is 1.78 bits per heavy atom. The van der Waals surface area contributed by atoms with Crippen molar-refractivity contribution in [1.29, 1.82) is 0 Å². The molecular formula is C30H26N2O5. The third-order valence-electron chi connectivity index (χ3n) is 6.26. The van der Waals surface area contributed by atoms with Gasteiger partial charge in [0.2, 0.25) is 0 Å². The second kappa shape index (κ2) is 10.1. The maximum atomic E-state index is 13.2. The lowest BCUT2D eigenvalue weighted by Crippen LogP contribution is -2.29. The lowest BCUT2D eigenvalue weighted by molar-refractivity contribution is -0.140. The van der Waals surface area contributed by atoms with Gasteiger partial charge in [0.1, 0.15) is 35.7 Å². The number of hydrogen-bond acceptors (Lipinski definition) is 6. The summed E-state index contributed by atoms with van der Waals surface area (Å²) in [6.07, 6.45) is 3.28. The Morgan fingerprint density at radius 1 is 1.00 bits per heavy atom. The molecule has 2 aromatic heterocycles. The van der Waals surface area contributed by atoms with Gasteiger partial charge in [-0.25, -0.2) is 0 Å². The van der Waals surface area contributed by atoms with Crippen LogP contribution >= 0.6 is 0 Å². The topological polar surface area (TPSA) is 92.9 Å². The van der Waals surface area contributed by atoms with Crippen LogP contribution in [0.15, 0.2) is 95.2 Å². The molecule has 1 unspecified atom stereocenters. The number of nitrogens with zero attached hydrogens (tertiary/aromatic N) is 2. The van der Waals surface area contributed by atoms with Crippen LogP contribution in [0.4, 0.5) is 0 Å². The third kappa shape index (κ3) is 5.02. The van der Waals surface area contributed by atoms with E-state index in [1.807, 2.05) is 31.2 Å². The van der Waals surface area contributed by atoms with Crippen LogP contribution in [-0.2, 0) is 22.7 Å². The summed E-state index contributed by atoms with van der Waals surface area (Å²) < 4.78 is 11.7. The fraction of sp³-hybridized carbons (Fsp3) is 0.167. The van der Waals surface area contributed by atoms with Crippen molar-refractivity contribution in [2.24, 2.45) is 0 Å². The van der Waals surface area contributed by atoms with E-state index in [0.717, 1.165) is 16.7 Å². The van der Waals surface area contributed by atoms with Crippen LogP contribution in [-0.4, -0.2) is 26.7 Å². The van der Waals surface area contributed by atoms with E-state index in [1.165, 1.54) is 4.90 Å². The first-order valence-corrected chi connectivity index (χ1v) is 11.9. The van der Waals surface area contributed by atoms with E-state index in [4.69, 9.17) is 9.15 Å². The maximum absolute atomic E-state index is 13.2. The van der Waals surface area contributed by atoms with Crippen LogP contribution in [0.25, 0.3) is 5.76 Å². The Balaban J connectivity index is 1.45. The van der Waals surface area contributed by atoms with Crippen molar-refractivity contribution in [3.05, 3.63) is 125 Å². The zero-order chi connectivity index (χ0) is 25.9. The highest BCUT2D eigenvalue weighted by molar-refractivity contribution is 6.46. The Labute approximate surface area is 214 Å². The summed E-state index contributed by atoms with van der Waals surface area (Å²) in [5.41, 5.74) is 3.34. The van der Waals surface area contributed by atoms with Gasteiger partial charge in [0.15, 0.2) is 0 Å². The molecule has 1 amide bonds. The summed E-state index contributed by atoms with van der Waals surface area (Å²) in [5, 5.41) is 11.2. The number of carbonyl (C=O) groups excluding carboxylic acids is 2. The number of amides is 1. The molecule has 0 bridgehead atoms. The third-order valence-corrected chi connectivity index (χ3v) is 6.26. The quantitative estimate of drug-likeness (QED) is 0.207. The van der Waals surface area contributed by atoms with Gasteiger partial charge in [0.05, 0.1) is 5.57 Å². The second-order valence-electron chi connectivity index (χ2n) is 9.04. The number of rotatable bonds is 7. The van der Waals surface area contributed by atoms with Gasteiger partial charge in [-0.05, 0) is 67.4 Å². The number of aryl methyl sites for hydroxylation is 2. The van der Waals surface area contributed by atoms with Crippen molar-refractivity contribution >= 4 is 17.4 Å². The van der Waals surface area contributed by atoms with Gasteiger partial charge in [-0.1, -0.05) is 35.9 Å². The Morgan fingerprint density at radius 3 is 2.46 bits per heavy atom. The average molecular weight is 495 g/mol. The molecule has 7 heteroatoms. The molecule has 1 fully saturated rings. The van der Waals surface area contributed by atoms with Crippen molar-refractivity contribution < 1.29 is 23.8 Å². The molecule has 1 N–H and O–H groups in total. The number of pyridine rings is 1. The van der Waals surface area contributed by atoms with Gasteiger partial charge in [-0.3, -0.25) is 14.6 Å². The van der Waals surface area contributed by atoms with Gasteiger partial charge in [-0.2, -0.15) is 0 Å². The summed E-state index contributed by atoms with van der Waals surface area (Å²) in [6.45, 7) is 4.36. The highest BCUT2D eigenvalue weighted by atomic mass is 16.5. The van der Waals surface area contributed by atoms with Gasteiger partial charge in [0, 0.05) is 24.5 Å². The average Bonchev–Trinajstić information content (AvgIpc) is 3.44. The van der Waals surface area contributed by atoms with E-state index >= 15 is 0 Å². The molecule has 5 rings (SSSR count). The first-order valence-electron chi connectivity index (χ1n) is 11.9. The summed E-state index contributed by atoms with van der Waals surface area (Å²) in [5.74, 6) is -0.0790. The number of aliphatic hydroxyl groups excluding tert-OH is 1. The number of likely N-dealkylation sites (tertiary alicyclic amines) is 1. The molecule has 1 atom stereocenters. The summed E-state index contributed by atoms with van der Waals surface area (Å²) in [7, 11) is 0. The smallest absolute Gasteiger partial charge is 0.296 e. The largest absolute Gasteiger partial charge is 0.507 e. The molecule has 7 nitrogen and oxygen atoms in total. The van der Waals surface area contributed by atoms with E-state index in [0.29, 0.717) is 29.4 Å². The minimum absolute atomic E-state index is 0.0170. The van der Waals surface area contributed by atoms with E-state index in [1.54, 1.807) is 61.8 Å². The van der Waals surface area contributed by atoms with Gasteiger partial charge in [0.25, 0.3) is 11.7 Å². The molecule has 186 valence electrons. The Kier molecular flexibility index (Phi) is 6.60. The van der Waals surface area contributed by atoms with Crippen LogP contribution in [0.1, 0.15) is 39.8 Å². The highest BCUT2D eigenvalue weighted by Crippen LogP contribution is 2.41. The Hall–Kier alpha value is -4.65. The number of benzene rings is 2. The summed E-state index contributed by atoms with van der Waals surface area (Å²) in [4.78, 5) is 31.8. The predicted octanol–water partition coefficient (Wildman–Crippen LogP) is 5.49. The number of aromatic nitrogens is 1. The number of aliphatic hydroxyl groups is 1. The normalized spacial score (nSPS) is 16.8. The minimum Gasteiger partial charge on any atom is -0.507 e. The number of Topliss-reactive ketones (excluding diaryl/α,β-unsaturated/α-hetero) is 1. The lowest BCUT2D eigenvalue weighted by Gasteiger charge is -2.23. The van der Waals surface area contributed by atoms with Gasteiger partial charge < -0.3 is 19.2 Å². The van der Waals surface area contributed by atoms with Crippen molar-refractivity contribution in [2.45, 2.75) is 33.0 Å². The van der Waals surface area contributed by atoms with Gasteiger partial charge in [-0.15, -0.1) is 0 Å². The summed E-state index contributed by atoms with van der Waals surface area (Å²) in [6, 6.07) is 21.0. The maximum Gasteiger partial charge on any atom is 0.296 e. The highest BCUT2D eigenvalue weighted by Gasteiger charge is 2.47. The monoisotopic (exact) mass is 494 g/mol. The SMILES string of the molecule is Cc1cccc(COc2ccc(C(O)=C3C(=O)C(=O)N(Cc4cccnc4)C3c3ccc(C)o3)cc2)c1. The number of carbonyl (C=O) groups is 2. The Bertz CT molecular complexity index is 1470. The molecule has 3 heterocycles. The molecule has 1 saturated heterocycles. The van der Waals surface area contributed by atoms with Crippen LogP contribution in [0.5, 0.6) is 5.75 Å². The van der Waals surface area contributed by atoms with Gasteiger partial charge >= 0.3 is 0 Å². The molecule has 0 aliphatic carbocycles. The van der Waals surface area contributed by atoms with E-state index in [9.17, 15) is 14.7 Å². The van der Waals surface area contributed by atoms with Crippen LogP contribution in [0.2, 0.25) is 0 Å². The first-order chi connectivity index (χ1) is 17.9. The minimum atomic E-state index is -0.869. The van der Waals surface area contributed by atoms with Crippen LogP contribution < -0.4 is 4.74 Å². The standard InChI is InChI=1S/C30H26N2O5/c1-19-5-3-6-21(15-19)18-36-24-11-9-23(10-12-24)28(33)26-27(25-13-8-20(2)37-25)32(30(35)29(26)34)17-22-7-4-14-31-16-22/h3-16,27,33H,17-18H2,1-2H3. The van der Waals surface area contributed by atoms with E-state index < -0.39 is 17.7 Å². The fourth-order valence-corrected chi connectivity index (χ4v) is 4.46. The molecule has 1 aliphatic heterocycles. The molecule has 1 aliphatic rings. The molecule has 37 heavy (non-hydrogen) atoms. The molecule has 0 spiro atoms. The first kappa shape index (κ1) is 24.1. The van der Waals surface area contributed by atoms with Crippen molar-refractivity contribution in [1.82, 2.24) is 9.88 Å². The number of hydrogen-bond donors (Lipinski definition) is 1. The van der Waals surface area contributed by atoms with Crippen molar-refractivity contribution in [3.8, 4) is 5.75 Å². The van der Waals surface area contributed by atoms with E-state index in [-0.39, 0.29) is 17.9 Å². The lowest BCUT2D eigenvalue weighted by atomic mass is 9.99. The van der Waals surface area contributed by atoms with E-state index in [2.05, 4.69) is 11.1 Å². The molecule has 0 saturated carbocycles. The van der Waals surface area contributed by atoms with Crippen LogP contribution in [0.3, 0.4) is 0 Å². The second-order valence-corrected chi connectivity index (χ2v) is 9.04. The molecule has 0 radical (unpaired) electrons.